The first-order valence-electron chi connectivity index (χ1n) is 7.88. The number of aromatic nitrogens is 5. The molecule has 0 amide bonds. The van der Waals surface area contributed by atoms with Crippen LogP contribution in [-0.2, 0) is 7.05 Å². The predicted octanol–water partition coefficient (Wildman–Crippen LogP) is 4.21. The number of fused-ring (bicyclic) bond motifs is 1. The van der Waals surface area contributed by atoms with Gasteiger partial charge in [0, 0.05) is 18.8 Å². The van der Waals surface area contributed by atoms with Crippen LogP contribution in [0.1, 0.15) is 17.7 Å². The standard InChI is InChI=1S/C18H14F3N5/c1-10-16-13(17(20)21)9-15(14-7-8-25(2)24-14)22-18(16)26(23-10)12-5-3-11(19)4-6-12/h3-9,17H,1-2H3. The first kappa shape index (κ1) is 16.3. The van der Waals surface area contributed by atoms with Gasteiger partial charge in [-0.05, 0) is 43.3 Å². The molecule has 4 aromatic rings. The third kappa shape index (κ3) is 2.63. The molecular formula is C18H14F3N5. The fourth-order valence-corrected chi connectivity index (χ4v) is 2.94. The Hall–Kier alpha value is -3.16. The van der Waals surface area contributed by atoms with Gasteiger partial charge in [-0.15, -0.1) is 0 Å². The smallest absolute Gasteiger partial charge is 0.264 e. The van der Waals surface area contributed by atoms with E-state index in [2.05, 4.69) is 15.2 Å². The topological polar surface area (TPSA) is 48.5 Å². The molecule has 3 heterocycles. The minimum Gasteiger partial charge on any atom is -0.275 e. The fraction of sp³-hybridized carbons (Fsp3) is 0.167. The van der Waals surface area contributed by atoms with Crippen molar-refractivity contribution >= 4 is 11.0 Å². The van der Waals surface area contributed by atoms with Crippen molar-refractivity contribution < 1.29 is 13.2 Å². The van der Waals surface area contributed by atoms with Gasteiger partial charge in [0.05, 0.1) is 22.5 Å². The number of halogens is 3. The van der Waals surface area contributed by atoms with Gasteiger partial charge in [0.2, 0.25) is 0 Å². The normalized spacial score (nSPS) is 11.6. The van der Waals surface area contributed by atoms with E-state index in [1.807, 2.05) is 0 Å². The van der Waals surface area contributed by atoms with Gasteiger partial charge in [-0.3, -0.25) is 4.68 Å². The Morgan fingerprint density at radius 1 is 1.00 bits per heavy atom. The molecule has 0 atom stereocenters. The number of nitrogens with zero attached hydrogens (tertiary/aromatic N) is 5. The van der Waals surface area contributed by atoms with Crippen molar-refractivity contribution in [2.75, 3.05) is 0 Å². The average Bonchev–Trinajstić information content (AvgIpc) is 3.19. The van der Waals surface area contributed by atoms with Gasteiger partial charge in [-0.2, -0.15) is 10.2 Å². The van der Waals surface area contributed by atoms with Crippen molar-refractivity contribution in [3.05, 3.63) is 59.7 Å². The van der Waals surface area contributed by atoms with E-state index in [1.54, 1.807) is 30.9 Å². The van der Waals surface area contributed by atoms with Crippen LogP contribution in [0.25, 0.3) is 28.1 Å². The summed E-state index contributed by atoms with van der Waals surface area (Å²) < 4.78 is 43.7. The van der Waals surface area contributed by atoms with Crippen LogP contribution >= 0.6 is 0 Å². The Kier molecular flexibility index (Phi) is 3.75. The van der Waals surface area contributed by atoms with E-state index in [-0.39, 0.29) is 11.2 Å². The SMILES string of the molecule is Cc1nn(-c2ccc(F)cc2)c2nc(-c3ccn(C)n3)cc(C(F)F)c12. The maximum Gasteiger partial charge on any atom is 0.264 e. The fourth-order valence-electron chi connectivity index (χ4n) is 2.94. The maximum absolute atomic E-state index is 13.7. The lowest BCUT2D eigenvalue weighted by atomic mass is 10.1. The molecule has 0 saturated carbocycles. The zero-order valence-electron chi connectivity index (χ0n) is 14.0. The maximum atomic E-state index is 13.7. The molecule has 0 bridgehead atoms. The molecule has 0 radical (unpaired) electrons. The molecule has 8 heteroatoms. The molecule has 1 aromatic carbocycles. The summed E-state index contributed by atoms with van der Waals surface area (Å²) >= 11 is 0. The second-order valence-electron chi connectivity index (χ2n) is 5.94. The van der Waals surface area contributed by atoms with Crippen molar-refractivity contribution in [1.82, 2.24) is 24.5 Å². The lowest BCUT2D eigenvalue weighted by Crippen LogP contribution is -2.00. The van der Waals surface area contributed by atoms with Crippen LogP contribution < -0.4 is 0 Å². The molecule has 0 saturated heterocycles. The van der Waals surface area contributed by atoms with Crippen LogP contribution in [0.5, 0.6) is 0 Å². The lowest BCUT2D eigenvalue weighted by molar-refractivity contribution is 0.153. The molecule has 0 unspecified atom stereocenters. The number of hydrogen-bond donors (Lipinski definition) is 0. The highest BCUT2D eigenvalue weighted by Gasteiger charge is 2.22. The molecule has 4 rings (SSSR count). The molecule has 0 spiro atoms. The summed E-state index contributed by atoms with van der Waals surface area (Å²) in [5.41, 5.74) is 1.92. The molecule has 132 valence electrons. The molecular weight excluding hydrogens is 343 g/mol. The minimum atomic E-state index is -2.69. The van der Waals surface area contributed by atoms with Crippen LogP contribution in [0.4, 0.5) is 13.2 Å². The van der Waals surface area contributed by atoms with Gasteiger partial charge >= 0.3 is 0 Å². The van der Waals surface area contributed by atoms with Gasteiger partial charge in [-0.1, -0.05) is 0 Å². The van der Waals surface area contributed by atoms with E-state index in [1.165, 1.54) is 35.0 Å². The van der Waals surface area contributed by atoms with Gasteiger partial charge in [0.25, 0.3) is 6.43 Å². The molecule has 0 aliphatic carbocycles. The number of rotatable bonds is 3. The van der Waals surface area contributed by atoms with Crippen molar-refractivity contribution in [2.24, 2.45) is 7.05 Å². The lowest BCUT2D eigenvalue weighted by Gasteiger charge is -2.07. The largest absolute Gasteiger partial charge is 0.275 e. The molecule has 0 aliphatic rings. The highest BCUT2D eigenvalue weighted by Crippen LogP contribution is 2.33. The van der Waals surface area contributed by atoms with Crippen molar-refractivity contribution in [3.63, 3.8) is 0 Å². The summed E-state index contributed by atoms with van der Waals surface area (Å²) in [4.78, 5) is 4.52. The van der Waals surface area contributed by atoms with Crippen LogP contribution in [0.3, 0.4) is 0 Å². The summed E-state index contributed by atoms with van der Waals surface area (Å²) in [5, 5.41) is 8.88. The summed E-state index contributed by atoms with van der Waals surface area (Å²) in [6.07, 6.45) is -0.973. The monoisotopic (exact) mass is 357 g/mol. The molecule has 5 nitrogen and oxygen atoms in total. The van der Waals surface area contributed by atoms with E-state index in [0.29, 0.717) is 28.2 Å². The second kappa shape index (κ2) is 5.98. The van der Waals surface area contributed by atoms with Gasteiger partial charge < -0.3 is 0 Å². The first-order valence-corrected chi connectivity index (χ1v) is 7.88. The van der Waals surface area contributed by atoms with Crippen molar-refractivity contribution in [3.8, 4) is 17.1 Å². The van der Waals surface area contributed by atoms with E-state index in [4.69, 9.17) is 0 Å². The Morgan fingerprint density at radius 2 is 1.73 bits per heavy atom. The third-order valence-electron chi connectivity index (χ3n) is 4.13. The van der Waals surface area contributed by atoms with Crippen LogP contribution in [0.15, 0.2) is 42.6 Å². The van der Waals surface area contributed by atoms with Crippen molar-refractivity contribution in [2.45, 2.75) is 13.3 Å². The molecule has 0 fully saturated rings. The van der Waals surface area contributed by atoms with E-state index >= 15 is 0 Å². The quantitative estimate of drug-likeness (QED) is 0.552. The minimum absolute atomic E-state index is 0.151. The van der Waals surface area contributed by atoms with E-state index in [9.17, 15) is 13.2 Å². The second-order valence-corrected chi connectivity index (χ2v) is 5.94. The van der Waals surface area contributed by atoms with Crippen LogP contribution in [-0.4, -0.2) is 24.5 Å². The predicted molar refractivity (Wildman–Crippen MR) is 90.7 cm³/mol. The molecule has 3 aromatic heterocycles. The van der Waals surface area contributed by atoms with E-state index < -0.39 is 12.2 Å². The van der Waals surface area contributed by atoms with Crippen LogP contribution in [0.2, 0.25) is 0 Å². The highest BCUT2D eigenvalue weighted by molar-refractivity contribution is 5.86. The molecule has 0 aliphatic heterocycles. The van der Waals surface area contributed by atoms with Gasteiger partial charge in [0.15, 0.2) is 5.65 Å². The molecule has 26 heavy (non-hydrogen) atoms. The summed E-state index contributed by atoms with van der Waals surface area (Å²) in [6.45, 7) is 1.65. The highest BCUT2D eigenvalue weighted by atomic mass is 19.3. The summed E-state index contributed by atoms with van der Waals surface area (Å²) in [5.74, 6) is -0.391. The van der Waals surface area contributed by atoms with Gasteiger partial charge in [0.1, 0.15) is 11.5 Å². The molecule has 0 N–H and O–H groups in total. The Morgan fingerprint density at radius 3 is 2.35 bits per heavy atom. The van der Waals surface area contributed by atoms with E-state index in [0.717, 1.165) is 0 Å². The Bertz CT molecular complexity index is 1100. The van der Waals surface area contributed by atoms with Gasteiger partial charge in [-0.25, -0.2) is 22.8 Å². The summed E-state index contributed by atoms with van der Waals surface area (Å²) in [7, 11) is 1.74. The number of alkyl halides is 2. The zero-order chi connectivity index (χ0) is 18.4. The number of hydrogen-bond acceptors (Lipinski definition) is 3. The summed E-state index contributed by atoms with van der Waals surface area (Å²) in [6, 6.07) is 8.67. The average molecular weight is 357 g/mol. The number of aryl methyl sites for hydroxylation is 2. The van der Waals surface area contributed by atoms with Crippen LogP contribution in [0, 0.1) is 12.7 Å². The third-order valence-corrected chi connectivity index (χ3v) is 4.13. The zero-order valence-corrected chi connectivity index (χ0v) is 14.0. The van der Waals surface area contributed by atoms with Crippen molar-refractivity contribution in [1.29, 1.82) is 0 Å². The Labute approximate surface area is 146 Å². The first-order chi connectivity index (χ1) is 12.4. The Balaban J connectivity index is 2.02. The number of benzene rings is 1. The number of pyridine rings is 1.